The Morgan fingerprint density at radius 1 is 0.963 bits per heavy atom. The van der Waals surface area contributed by atoms with Gasteiger partial charge in [-0.05, 0) is 68.6 Å². The Bertz CT molecular complexity index is 872. The molecule has 4 nitrogen and oxygen atoms in total. The molecule has 0 N–H and O–H groups in total. The second kappa shape index (κ2) is 7.56. The molecule has 0 radical (unpaired) electrons. The van der Waals surface area contributed by atoms with E-state index in [1.165, 1.54) is 36.4 Å². The summed E-state index contributed by atoms with van der Waals surface area (Å²) in [5.41, 5.74) is 3.46. The van der Waals surface area contributed by atoms with Crippen molar-refractivity contribution in [1.29, 1.82) is 0 Å². The van der Waals surface area contributed by atoms with Crippen LogP contribution in [0.4, 0.5) is 0 Å². The third-order valence-corrected chi connectivity index (χ3v) is 6.20. The average molecular weight is 427 g/mol. The van der Waals surface area contributed by atoms with Crippen LogP contribution in [0.25, 0.3) is 0 Å². The number of carbonyl (C=O) groups excluding carboxylic acids is 2. The molecular weight excluding hydrogens is 404 g/mol. The fourth-order valence-corrected chi connectivity index (χ4v) is 4.37. The van der Waals surface area contributed by atoms with E-state index in [0.29, 0.717) is 30.1 Å². The maximum atomic E-state index is 12.5. The van der Waals surface area contributed by atoms with Crippen molar-refractivity contribution in [3.8, 4) is 0 Å². The number of carbonyl (C=O) groups is 2. The highest BCUT2D eigenvalue weighted by Crippen LogP contribution is 2.27. The van der Waals surface area contributed by atoms with E-state index in [1.54, 1.807) is 18.2 Å². The molecule has 1 unspecified atom stereocenters. The molecule has 1 saturated heterocycles. The number of amides is 2. The van der Waals surface area contributed by atoms with Gasteiger partial charge in [0.05, 0.1) is 11.1 Å². The molecule has 1 atom stereocenters. The highest BCUT2D eigenvalue weighted by Gasteiger charge is 2.35. The molecule has 0 spiro atoms. The molecule has 4 rings (SSSR count). The quantitative estimate of drug-likeness (QED) is 0.663. The highest BCUT2D eigenvalue weighted by atomic mass is 79.9. The van der Waals surface area contributed by atoms with Gasteiger partial charge in [-0.2, -0.15) is 0 Å². The third-order valence-electron chi connectivity index (χ3n) is 5.71. The molecule has 0 aromatic heterocycles. The van der Waals surface area contributed by atoms with Crippen LogP contribution in [-0.4, -0.2) is 41.2 Å². The van der Waals surface area contributed by atoms with Crippen molar-refractivity contribution in [1.82, 2.24) is 9.80 Å². The average Bonchev–Trinajstić information content (AvgIpc) is 3.29. The molecule has 2 aliphatic rings. The van der Waals surface area contributed by atoms with Crippen LogP contribution in [0, 0.1) is 0 Å². The van der Waals surface area contributed by atoms with E-state index in [-0.39, 0.29) is 11.8 Å². The summed E-state index contributed by atoms with van der Waals surface area (Å²) >= 11 is 3.37. The van der Waals surface area contributed by atoms with Gasteiger partial charge in [0.15, 0.2) is 0 Å². The molecule has 0 bridgehead atoms. The molecule has 2 amide bonds. The number of fused-ring (bicyclic) bond motifs is 1. The van der Waals surface area contributed by atoms with E-state index in [2.05, 4.69) is 52.0 Å². The monoisotopic (exact) mass is 426 g/mol. The lowest BCUT2D eigenvalue weighted by molar-refractivity contribution is 0.0656. The maximum absolute atomic E-state index is 12.5. The number of benzene rings is 2. The van der Waals surface area contributed by atoms with Gasteiger partial charge in [0.25, 0.3) is 11.8 Å². The van der Waals surface area contributed by atoms with E-state index in [4.69, 9.17) is 0 Å². The van der Waals surface area contributed by atoms with Gasteiger partial charge in [0.2, 0.25) is 0 Å². The number of halogens is 1. The minimum Gasteiger partial charge on any atom is -0.297 e. The van der Waals surface area contributed by atoms with Gasteiger partial charge in [-0.1, -0.05) is 40.2 Å². The Labute approximate surface area is 168 Å². The molecule has 27 heavy (non-hydrogen) atoms. The summed E-state index contributed by atoms with van der Waals surface area (Å²) in [5, 5.41) is 0. The molecule has 0 saturated carbocycles. The van der Waals surface area contributed by atoms with Crippen LogP contribution in [0.1, 0.15) is 57.7 Å². The summed E-state index contributed by atoms with van der Waals surface area (Å²) in [6.45, 7) is 5.03. The minimum atomic E-state index is -0.199. The van der Waals surface area contributed by atoms with Crippen LogP contribution in [0.3, 0.4) is 0 Å². The Hall–Kier alpha value is -1.98. The van der Waals surface area contributed by atoms with Gasteiger partial charge in [-0.25, -0.2) is 0 Å². The summed E-state index contributed by atoms with van der Waals surface area (Å²) in [7, 11) is 0. The number of likely N-dealkylation sites (tertiary alicyclic amines) is 1. The highest BCUT2D eigenvalue weighted by molar-refractivity contribution is 9.10. The van der Waals surface area contributed by atoms with Crippen molar-refractivity contribution < 1.29 is 9.59 Å². The van der Waals surface area contributed by atoms with Crippen LogP contribution in [0.5, 0.6) is 0 Å². The van der Waals surface area contributed by atoms with Gasteiger partial charge in [0, 0.05) is 17.1 Å². The minimum absolute atomic E-state index is 0.193. The van der Waals surface area contributed by atoms with E-state index in [1.807, 2.05) is 0 Å². The van der Waals surface area contributed by atoms with E-state index >= 15 is 0 Å². The first-order valence-electron chi connectivity index (χ1n) is 9.53. The predicted molar refractivity (Wildman–Crippen MR) is 109 cm³/mol. The Balaban J connectivity index is 1.40. The van der Waals surface area contributed by atoms with Crippen LogP contribution in [0.2, 0.25) is 0 Å². The number of hydrogen-bond acceptors (Lipinski definition) is 3. The SMILES string of the molecule is CC(c1ccc(CCN2C(=O)c3ccc(Br)cc3C2=O)cc1)N1CCCC1. The topological polar surface area (TPSA) is 40.6 Å². The first-order chi connectivity index (χ1) is 13.0. The summed E-state index contributed by atoms with van der Waals surface area (Å²) < 4.78 is 0.812. The van der Waals surface area contributed by atoms with Crippen LogP contribution < -0.4 is 0 Å². The summed E-state index contributed by atoms with van der Waals surface area (Å²) in [4.78, 5) is 28.9. The molecule has 140 valence electrons. The Kier molecular flexibility index (Phi) is 5.15. The van der Waals surface area contributed by atoms with Crippen LogP contribution in [0.15, 0.2) is 46.9 Å². The molecule has 5 heteroatoms. The van der Waals surface area contributed by atoms with E-state index in [0.717, 1.165) is 10.0 Å². The molecule has 0 aliphatic carbocycles. The van der Waals surface area contributed by atoms with Crippen molar-refractivity contribution >= 4 is 27.7 Å². The normalized spacial score (nSPS) is 18.2. The fourth-order valence-electron chi connectivity index (χ4n) is 4.01. The van der Waals surface area contributed by atoms with Gasteiger partial charge >= 0.3 is 0 Å². The zero-order valence-electron chi connectivity index (χ0n) is 15.5. The summed E-state index contributed by atoms with van der Waals surface area (Å²) in [5.74, 6) is -0.391. The van der Waals surface area contributed by atoms with Gasteiger partial charge in [0.1, 0.15) is 0 Å². The summed E-state index contributed by atoms with van der Waals surface area (Å²) in [6, 6.07) is 14.3. The fraction of sp³-hybridized carbons (Fsp3) is 0.364. The van der Waals surface area contributed by atoms with Gasteiger partial charge < -0.3 is 0 Å². The second-order valence-corrected chi connectivity index (χ2v) is 8.28. The molecule has 2 aliphatic heterocycles. The lowest BCUT2D eigenvalue weighted by Crippen LogP contribution is -2.31. The van der Waals surface area contributed by atoms with Crippen molar-refractivity contribution in [2.24, 2.45) is 0 Å². The number of imide groups is 1. The van der Waals surface area contributed by atoms with Crippen molar-refractivity contribution in [2.45, 2.75) is 32.2 Å². The lowest BCUT2D eigenvalue weighted by atomic mass is 10.0. The molecule has 1 fully saturated rings. The zero-order valence-corrected chi connectivity index (χ0v) is 17.0. The third kappa shape index (κ3) is 3.58. The first-order valence-corrected chi connectivity index (χ1v) is 10.3. The van der Waals surface area contributed by atoms with Gasteiger partial charge in [-0.15, -0.1) is 0 Å². The largest absolute Gasteiger partial charge is 0.297 e. The van der Waals surface area contributed by atoms with E-state index < -0.39 is 0 Å². The van der Waals surface area contributed by atoms with Crippen molar-refractivity contribution in [3.63, 3.8) is 0 Å². The summed E-state index contributed by atoms with van der Waals surface area (Å²) in [6.07, 6.45) is 3.25. The maximum Gasteiger partial charge on any atom is 0.261 e. The predicted octanol–water partition coefficient (Wildman–Crippen LogP) is 4.44. The smallest absolute Gasteiger partial charge is 0.261 e. The zero-order chi connectivity index (χ0) is 19.0. The van der Waals surface area contributed by atoms with Crippen LogP contribution in [-0.2, 0) is 6.42 Å². The van der Waals surface area contributed by atoms with Crippen molar-refractivity contribution in [2.75, 3.05) is 19.6 Å². The number of hydrogen-bond donors (Lipinski definition) is 0. The first kappa shape index (κ1) is 18.4. The Morgan fingerprint density at radius 2 is 1.63 bits per heavy atom. The standard InChI is InChI=1S/C22H23BrN2O2/c1-15(24-11-2-3-12-24)17-6-4-16(5-7-17)10-13-25-21(26)19-9-8-18(23)14-20(19)22(25)27/h4-9,14-15H,2-3,10-13H2,1H3. The molecular formula is C22H23BrN2O2. The number of nitrogens with zero attached hydrogens (tertiary/aromatic N) is 2. The molecule has 2 heterocycles. The van der Waals surface area contributed by atoms with Gasteiger partial charge in [-0.3, -0.25) is 19.4 Å². The molecule has 2 aromatic carbocycles. The Morgan fingerprint density at radius 3 is 2.33 bits per heavy atom. The number of rotatable bonds is 5. The van der Waals surface area contributed by atoms with Crippen LogP contribution >= 0.6 is 15.9 Å². The van der Waals surface area contributed by atoms with E-state index in [9.17, 15) is 9.59 Å². The van der Waals surface area contributed by atoms with Crippen molar-refractivity contribution in [3.05, 3.63) is 69.2 Å². The second-order valence-electron chi connectivity index (χ2n) is 7.36. The molecule has 2 aromatic rings. The lowest BCUT2D eigenvalue weighted by Gasteiger charge is -2.24.